The number of carboxylic acid groups (broad SMARTS) is 1. The molecule has 4 aromatic rings. The number of ketones is 1. The van der Waals surface area contributed by atoms with Gasteiger partial charge in [-0.05, 0) is 36.6 Å². The van der Waals surface area contributed by atoms with Crippen molar-refractivity contribution in [2.45, 2.75) is 70.5 Å². The van der Waals surface area contributed by atoms with Crippen LogP contribution in [0.2, 0.25) is 0 Å². The summed E-state index contributed by atoms with van der Waals surface area (Å²) < 4.78 is 45.2. The molecule has 0 aliphatic carbocycles. The van der Waals surface area contributed by atoms with Crippen LogP contribution in [0.15, 0.2) is 54.7 Å². The molecular formula is C30H33F4N5O4. The Morgan fingerprint density at radius 3 is 2.40 bits per heavy atom. The third-order valence-electron chi connectivity index (χ3n) is 6.51. The molecule has 43 heavy (non-hydrogen) atoms. The molecule has 1 atom stereocenters. The number of H-pyrrole nitrogens is 2. The van der Waals surface area contributed by atoms with Crippen LogP contribution in [-0.2, 0) is 20.8 Å². The van der Waals surface area contributed by atoms with Crippen LogP contribution in [0.3, 0.4) is 0 Å². The molecule has 2 heterocycles. The number of alkyl halides is 3. The number of imidazole rings is 2. The van der Waals surface area contributed by atoms with Crippen molar-refractivity contribution in [1.82, 2.24) is 25.3 Å². The number of carbonyl (C=O) groups excluding carboxylic acids is 2. The maximum atomic E-state index is 13.4. The van der Waals surface area contributed by atoms with Gasteiger partial charge < -0.3 is 20.4 Å². The van der Waals surface area contributed by atoms with Crippen molar-refractivity contribution in [1.29, 1.82) is 0 Å². The van der Waals surface area contributed by atoms with E-state index in [2.05, 4.69) is 25.3 Å². The van der Waals surface area contributed by atoms with Crippen molar-refractivity contribution in [2.24, 2.45) is 0 Å². The smallest absolute Gasteiger partial charge is 0.475 e. The number of rotatable bonds is 13. The summed E-state index contributed by atoms with van der Waals surface area (Å²) in [6, 6.07) is 14.1. The number of carboxylic acids is 1. The summed E-state index contributed by atoms with van der Waals surface area (Å²) in [7, 11) is 0. The minimum absolute atomic E-state index is 0.106. The molecule has 9 nitrogen and oxygen atoms in total. The van der Waals surface area contributed by atoms with Crippen LogP contribution < -0.4 is 5.32 Å². The number of halogens is 4. The van der Waals surface area contributed by atoms with Crippen LogP contribution in [0, 0.1) is 5.82 Å². The summed E-state index contributed by atoms with van der Waals surface area (Å²) in [6.45, 7) is 1.89. The molecule has 0 radical (unpaired) electrons. The number of amides is 1. The Morgan fingerprint density at radius 1 is 1.00 bits per heavy atom. The Kier molecular flexibility index (Phi) is 12.0. The number of hydrogen-bond acceptors (Lipinski definition) is 5. The highest BCUT2D eigenvalue weighted by atomic mass is 19.4. The van der Waals surface area contributed by atoms with E-state index in [1.165, 1.54) is 12.1 Å². The lowest BCUT2D eigenvalue weighted by atomic mass is 10.0. The summed E-state index contributed by atoms with van der Waals surface area (Å²) in [5.41, 5.74) is 3.22. The molecule has 2 aromatic heterocycles. The molecule has 1 amide bonds. The molecule has 0 bridgehead atoms. The molecule has 4 N–H and O–H groups in total. The van der Waals surface area contributed by atoms with Crippen molar-refractivity contribution in [3.8, 4) is 11.3 Å². The Hall–Kier alpha value is -4.55. The molecule has 13 heteroatoms. The van der Waals surface area contributed by atoms with E-state index in [1.807, 2.05) is 37.3 Å². The first-order chi connectivity index (χ1) is 20.5. The Labute approximate surface area is 245 Å². The average molecular weight is 604 g/mol. The van der Waals surface area contributed by atoms with Crippen molar-refractivity contribution >= 4 is 28.7 Å². The number of nitrogens with zero attached hydrogens (tertiary/aromatic N) is 2. The van der Waals surface area contributed by atoms with Gasteiger partial charge in [0.25, 0.3) is 0 Å². The third-order valence-corrected chi connectivity index (χ3v) is 6.51. The Bertz CT molecular complexity index is 1500. The summed E-state index contributed by atoms with van der Waals surface area (Å²) in [5.74, 6) is -1.55. The highest BCUT2D eigenvalue weighted by Crippen LogP contribution is 2.23. The largest absolute Gasteiger partial charge is 0.490 e. The van der Waals surface area contributed by atoms with Gasteiger partial charge in [0.15, 0.2) is 0 Å². The quantitative estimate of drug-likeness (QED) is 0.102. The minimum atomic E-state index is -5.08. The van der Waals surface area contributed by atoms with Crippen LogP contribution in [0.25, 0.3) is 22.3 Å². The van der Waals surface area contributed by atoms with Crippen LogP contribution >= 0.6 is 0 Å². The zero-order valence-electron chi connectivity index (χ0n) is 23.5. The minimum Gasteiger partial charge on any atom is -0.475 e. The molecule has 230 valence electrons. The van der Waals surface area contributed by atoms with Gasteiger partial charge in [0, 0.05) is 25.7 Å². The van der Waals surface area contributed by atoms with Crippen molar-refractivity contribution in [2.75, 3.05) is 0 Å². The van der Waals surface area contributed by atoms with Gasteiger partial charge in [0.05, 0.1) is 29.0 Å². The fourth-order valence-electron chi connectivity index (χ4n) is 4.23. The van der Waals surface area contributed by atoms with Gasteiger partial charge in [0.2, 0.25) is 5.91 Å². The van der Waals surface area contributed by atoms with Crippen LogP contribution in [0.4, 0.5) is 17.6 Å². The lowest BCUT2D eigenvalue weighted by molar-refractivity contribution is -0.192. The van der Waals surface area contributed by atoms with Gasteiger partial charge in [-0.25, -0.2) is 19.2 Å². The number of Topliss-reactive ketones (excluding diaryl/α,β-unsaturated/α-hetero) is 1. The van der Waals surface area contributed by atoms with E-state index in [9.17, 15) is 27.2 Å². The molecule has 0 aliphatic heterocycles. The summed E-state index contributed by atoms with van der Waals surface area (Å²) in [4.78, 5) is 48.8. The number of aryl methyl sites for hydroxylation is 1. The zero-order chi connectivity index (χ0) is 31.4. The molecule has 4 rings (SSSR count). The number of unbranched alkanes of at least 4 members (excludes halogenated alkanes) is 2. The number of hydrogen-bond donors (Lipinski definition) is 4. The van der Waals surface area contributed by atoms with E-state index in [-0.39, 0.29) is 30.0 Å². The molecule has 2 aromatic carbocycles. The van der Waals surface area contributed by atoms with Crippen LogP contribution in [0.1, 0.15) is 69.6 Å². The maximum Gasteiger partial charge on any atom is 0.490 e. The molecular weight excluding hydrogens is 570 g/mol. The van der Waals surface area contributed by atoms with Crippen LogP contribution in [-0.4, -0.2) is 48.9 Å². The first kappa shape index (κ1) is 33.0. The predicted octanol–water partition coefficient (Wildman–Crippen LogP) is 6.45. The summed E-state index contributed by atoms with van der Waals surface area (Å²) in [5, 5.41) is 10.2. The van der Waals surface area contributed by atoms with Crippen molar-refractivity contribution in [3.05, 3.63) is 72.2 Å². The molecule has 0 aliphatic rings. The number of fused-ring (bicyclic) bond motifs is 1. The number of benzene rings is 2. The second-order valence-electron chi connectivity index (χ2n) is 9.81. The van der Waals surface area contributed by atoms with E-state index in [0.717, 1.165) is 36.9 Å². The Morgan fingerprint density at radius 2 is 1.72 bits per heavy atom. The average Bonchev–Trinajstić information content (AvgIpc) is 3.62. The first-order valence-electron chi connectivity index (χ1n) is 13.8. The number of aromatic amines is 2. The van der Waals surface area contributed by atoms with E-state index in [4.69, 9.17) is 9.90 Å². The fourth-order valence-corrected chi connectivity index (χ4v) is 4.23. The molecule has 0 spiro atoms. The van der Waals surface area contributed by atoms with Crippen molar-refractivity contribution < 1.29 is 37.1 Å². The number of aromatic nitrogens is 4. The normalized spacial score (nSPS) is 11.9. The van der Waals surface area contributed by atoms with Gasteiger partial charge in [-0.3, -0.25) is 9.59 Å². The monoisotopic (exact) mass is 603 g/mol. The van der Waals surface area contributed by atoms with Gasteiger partial charge in [-0.1, -0.05) is 50.1 Å². The number of aliphatic carboxylic acids is 1. The second kappa shape index (κ2) is 15.6. The van der Waals surface area contributed by atoms with E-state index >= 15 is 0 Å². The van der Waals surface area contributed by atoms with Crippen LogP contribution in [0.5, 0.6) is 0 Å². The lowest BCUT2D eigenvalue weighted by Crippen LogP contribution is -2.29. The van der Waals surface area contributed by atoms with E-state index in [1.54, 1.807) is 12.3 Å². The van der Waals surface area contributed by atoms with Gasteiger partial charge in [0.1, 0.15) is 23.2 Å². The highest BCUT2D eigenvalue weighted by molar-refractivity contribution is 5.78. The zero-order valence-corrected chi connectivity index (χ0v) is 23.5. The summed E-state index contributed by atoms with van der Waals surface area (Å²) in [6.07, 6.45) is 1.92. The van der Waals surface area contributed by atoms with Gasteiger partial charge >= 0.3 is 12.1 Å². The third kappa shape index (κ3) is 10.7. The van der Waals surface area contributed by atoms with Gasteiger partial charge in [-0.15, -0.1) is 0 Å². The van der Waals surface area contributed by atoms with E-state index < -0.39 is 12.1 Å². The lowest BCUT2D eigenvalue weighted by Gasteiger charge is -2.17. The molecule has 0 unspecified atom stereocenters. The Balaban J connectivity index is 0.000000646. The number of nitrogens with one attached hydrogen (secondary N) is 3. The standard InChI is InChI=1S/C28H32FN5O2.C2HF3O2/c1-2-21(35)11-7-4-8-12-23(28-30-18-25(34-28)19-9-5-3-6-10-19)33-27(36)16-15-26-31-22-14-13-20(29)17-24(22)32-26;3-2(4,5)1(6)7/h3,5-6,9-10,13-14,17-18,23H,2,4,7-8,11-12,15-16H2,1H3,(H,30,34)(H,31,32)(H,33,36);(H,6,7)/t23-;/m0./s1. The molecule has 0 saturated heterocycles. The topological polar surface area (TPSA) is 141 Å². The second-order valence-corrected chi connectivity index (χ2v) is 9.81. The number of carbonyl (C=O) groups is 3. The van der Waals surface area contributed by atoms with Gasteiger partial charge in [-0.2, -0.15) is 13.2 Å². The summed E-state index contributed by atoms with van der Waals surface area (Å²) >= 11 is 0. The van der Waals surface area contributed by atoms with E-state index in [0.29, 0.717) is 41.9 Å². The SMILES string of the molecule is CCC(=O)CCCCC[C@H](NC(=O)CCc1nc2ccc(F)cc2[nH]1)c1ncc(-c2ccccc2)[nH]1.O=C(O)C(F)(F)F. The predicted molar refractivity (Wildman–Crippen MR) is 151 cm³/mol. The fraction of sp³-hybridized carbons (Fsp3) is 0.367. The molecule has 0 fully saturated rings. The maximum absolute atomic E-state index is 13.4. The highest BCUT2D eigenvalue weighted by Gasteiger charge is 2.38. The van der Waals surface area contributed by atoms with Crippen molar-refractivity contribution in [3.63, 3.8) is 0 Å². The molecule has 0 saturated carbocycles. The first-order valence-corrected chi connectivity index (χ1v) is 13.8.